The van der Waals surface area contributed by atoms with Crippen molar-refractivity contribution in [3.05, 3.63) is 24.0 Å². The molecule has 1 heterocycles. The molecule has 0 aliphatic rings. The van der Waals surface area contributed by atoms with E-state index in [0.29, 0.717) is 5.92 Å². The Balaban J connectivity index is 2.45. The highest BCUT2D eigenvalue weighted by Crippen LogP contribution is 2.36. The van der Waals surface area contributed by atoms with Gasteiger partial charge in [0, 0.05) is 4.90 Å². The van der Waals surface area contributed by atoms with E-state index >= 15 is 0 Å². The Hall–Kier alpha value is -0.650. The second-order valence-corrected chi connectivity index (χ2v) is 5.27. The van der Waals surface area contributed by atoms with Crippen molar-refractivity contribution in [2.24, 2.45) is 0 Å². The maximum atomic E-state index is 6.68. The Kier molecular flexibility index (Phi) is 2.85. The zero-order chi connectivity index (χ0) is 11.5. The minimum atomic E-state index is 0.432. The van der Waals surface area contributed by atoms with Gasteiger partial charge in [0.05, 0.1) is 28.4 Å². The summed E-state index contributed by atoms with van der Waals surface area (Å²) in [6.45, 7) is 4.29. The van der Waals surface area contributed by atoms with Gasteiger partial charge in [-0.25, -0.2) is 4.98 Å². The number of benzene rings is 1. The van der Waals surface area contributed by atoms with Gasteiger partial charge in [-0.3, -0.25) is 0 Å². The zero-order valence-electron chi connectivity index (χ0n) is 9.48. The first-order valence-electron chi connectivity index (χ1n) is 5.06. The Labute approximate surface area is 97.8 Å². The average Bonchev–Trinajstić information content (AvgIpc) is 2.71. The first-order valence-corrected chi connectivity index (χ1v) is 6.73. The van der Waals surface area contributed by atoms with Crippen LogP contribution >= 0.6 is 21.9 Å². The summed E-state index contributed by atoms with van der Waals surface area (Å²) in [4.78, 5) is 8.43. The molecule has 0 spiro atoms. The van der Waals surface area contributed by atoms with E-state index in [4.69, 9.17) is 1.43 Å². The quantitative estimate of drug-likeness (QED) is 0.630. The van der Waals surface area contributed by atoms with Crippen LogP contribution in [-0.2, 0) is 0 Å². The molecule has 3 nitrogen and oxygen atoms in total. The number of nitrogens with zero attached hydrogens (tertiary/aromatic N) is 1. The lowest BCUT2D eigenvalue weighted by molar-refractivity contribution is 0.676. The standard InChI is InChI=1S/C10H12N2OS2/c1-6(2)7-3-8-9(12-5-11-8)4-10(7)14-15-13/h3-6,13H,1-2H3,(H,11,12)/i/hT. The summed E-state index contributed by atoms with van der Waals surface area (Å²) >= 11 is 1.05. The maximum Gasteiger partial charge on any atom is 0.229 e. The smallest absolute Gasteiger partial charge is 0.229 e. The molecular weight excluding hydrogens is 228 g/mol. The second kappa shape index (κ2) is 4.47. The van der Waals surface area contributed by atoms with Crippen molar-refractivity contribution in [2.75, 3.05) is 0 Å². The fraction of sp³-hybridized carbons (Fsp3) is 0.300. The molecule has 80 valence electrons. The summed E-state index contributed by atoms with van der Waals surface area (Å²) in [5.74, 6) is 0.432. The normalized spacial score (nSPS) is 12.3. The van der Waals surface area contributed by atoms with Crippen LogP contribution in [0.15, 0.2) is 23.4 Å². The second-order valence-electron chi connectivity index (χ2n) is 3.62. The predicted molar refractivity (Wildman–Crippen MR) is 66.3 cm³/mol. The third kappa shape index (κ3) is 2.14. The van der Waals surface area contributed by atoms with Gasteiger partial charge in [0.2, 0.25) is 1.43 Å². The van der Waals surface area contributed by atoms with Gasteiger partial charge in [-0.1, -0.05) is 13.8 Å². The van der Waals surface area contributed by atoms with Gasteiger partial charge in [0.1, 0.15) is 0 Å². The fourth-order valence-corrected chi connectivity index (χ4v) is 2.82. The Morgan fingerprint density at radius 1 is 1.53 bits per heavy atom. The van der Waals surface area contributed by atoms with Crippen LogP contribution in [0.1, 0.15) is 25.3 Å². The Morgan fingerprint density at radius 3 is 3.13 bits per heavy atom. The van der Waals surface area contributed by atoms with Crippen molar-refractivity contribution >= 4 is 32.9 Å². The van der Waals surface area contributed by atoms with Crippen molar-refractivity contribution in [2.45, 2.75) is 24.7 Å². The summed E-state index contributed by atoms with van der Waals surface area (Å²) in [6, 6.07) is 4.14. The first-order chi connectivity index (χ1) is 7.72. The topological polar surface area (TPSA) is 48.9 Å². The molecule has 0 saturated carbocycles. The molecule has 1 aromatic carbocycles. The highest BCUT2D eigenvalue weighted by atomic mass is 33.1. The molecule has 0 radical (unpaired) electrons. The van der Waals surface area contributed by atoms with E-state index in [9.17, 15) is 0 Å². The molecule has 0 saturated heterocycles. The van der Waals surface area contributed by atoms with Crippen molar-refractivity contribution in [3.63, 3.8) is 0 Å². The number of hydrogen-bond acceptors (Lipinski definition) is 4. The van der Waals surface area contributed by atoms with Gasteiger partial charge < -0.3 is 9.54 Å². The number of H-pyrrole nitrogens is 1. The SMILES string of the molecule is [3H]OSSc1cc2nc[nH]c2cc1C(C)C. The molecule has 0 unspecified atom stereocenters. The van der Waals surface area contributed by atoms with Gasteiger partial charge in [0.15, 0.2) is 0 Å². The van der Waals surface area contributed by atoms with E-state index in [1.54, 1.807) is 6.33 Å². The summed E-state index contributed by atoms with van der Waals surface area (Å²) in [5.41, 5.74) is 3.23. The van der Waals surface area contributed by atoms with E-state index in [2.05, 4.69) is 34.4 Å². The van der Waals surface area contributed by atoms with E-state index < -0.39 is 0 Å². The lowest BCUT2D eigenvalue weighted by Crippen LogP contribution is -1.90. The Morgan fingerprint density at radius 2 is 2.40 bits per heavy atom. The first kappa shape index (κ1) is 9.57. The van der Waals surface area contributed by atoms with Crippen LogP contribution in [0.4, 0.5) is 0 Å². The fourth-order valence-electron chi connectivity index (χ4n) is 1.54. The Bertz CT molecular complexity index is 487. The van der Waals surface area contributed by atoms with Gasteiger partial charge in [0.25, 0.3) is 0 Å². The van der Waals surface area contributed by atoms with E-state index in [0.717, 1.165) is 27.0 Å². The van der Waals surface area contributed by atoms with Gasteiger partial charge in [-0.05, 0) is 34.4 Å². The van der Waals surface area contributed by atoms with Crippen LogP contribution in [-0.4, -0.2) is 14.5 Å². The molecule has 15 heavy (non-hydrogen) atoms. The average molecular weight is 242 g/mol. The van der Waals surface area contributed by atoms with E-state index in [1.165, 1.54) is 16.4 Å². The van der Waals surface area contributed by atoms with Crippen LogP contribution in [0.25, 0.3) is 12.5 Å². The zero-order valence-corrected chi connectivity index (χ0v) is 10.1. The number of rotatable bonds is 4. The van der Waals surface area contributed by atoms with Crippen molar-refractivity contribution in [3.8, 4) is 0 Å². The molecular formula is C10H12N2OS2. The largest absolute Gasteiger partial charge is 0.345 e. The van der Waals surface area contributed by atoms with Crippen LogP contribution in [0.2, 0.25) is 0 Å². The highest BCUT2D eigenvalue weighted by molar-refractivity contribution is 8.74. The molecule has 2 rings (SSSR count). The maximum absolute atomic E-state index is 6.68. The molecule has 2 N–H and O–H groups in total. The third-order valence-corrected chi connectivity index (χ3v) is 3.64. The van der Waals surface area contributed by atoms with Gasteiger partial charge >= 0.3 is 0 Å². The van der Waals surface area contributed by atoms with Crippen molar-refractivity contribution in [1.29, 1.82) is 1.43 Å². The number of imidazole rings is 1. The van der Waals surface area contributed by atoms with Crippen molar-refractivity contribution in [1.82, 2.24) is 9.97 Å². The molecule has 0 atom stereocenters. The molecule has 2 aromatic rings. The van der Waals surface area contributed by atoms with E-state index in [-0.39, 0.29) is 0 Å². The number of hydrogen-bond donors (Lipinski definition) is 2. The summed E-state index contributed by atoms with van der Waals surface area (Å²) < 4.78 is 11.0. The van der Waals surface area contributed by atoms with Crippen LogP contribution in [0, 0.1) is 0 Å². The third-order valence-electron chi connectivity index (χ3n) is 2.30. The minimum Gasteiger partial charge on any atom is -0.345 e. The van der Waals surface area contributed by atoms with Crippen LogP contribution in [0.3, 0.4) is 0 Å². The monoisotopic (exact) mass is 242 g/mol. The molecule has 0 aliphatic carbocycles. The van der Waals surface area contributed by atoms with Crippen LogP contribution < -0.4 is 0 Å². The lowest BCUT2D eigenvalue weighted by atomic mass is 10.0. The van der Waals surface area contributed by atoms with Crippen LogP contribution in [0.5, 0.6) is 0 Å². The number of aromatic amines is 1. The van der Waals surface area contributed by atoms with Gasteiger partial charge in [-0.2, -0.15) is 0 Å². The van der Waals surface area contributed by atoms with Crippen molar-refractivity contribution < 1.29 is 4.56 Å². The summed E-state index contributed by atoms with van der Waals surface area (Å²) in [5, 5.41) is 0. The lowest BCUT2D eigenvalue weighted by Gasteiger charge is -2.10. The summed E-state index contributed by atoms with van der Waals surface area (Å²) in [6.07, 6.45) is 1.69. The molecule has 0 fully saturated rings. The number of aromatic nitrogens is 2. The predicted octanol–water partition coefficient (Wildman–Crippen LogP) is 3.90. The minimum absolute atomic E-state index is 0.432. The number of nitrogens with one attached hydrogen (secondary N) is 1. The molecule has 0 aliphatic heterocycles. The van der Waals surface area contributed by atoms with E-state index in [1.807, 2.05) is 6.07 Å². The summed E-state index contributed by atoms with van der Waals surface area (Å²) in [7, 11) is 1.45. The van der Waals surface area contributed by atoms with Gasteiger partial charge in [-0.15, -0.1) is 0 Å². The molecule has 0 bridgehead atoms. The highest BCUT2D eigenvalue weighted by Gasteiger charge is 2.10. The molecule has 1 aromatic heterocycles. The molecule has 0 amide bonds. The number of fused-ring (bicyclic) bond motifs is 1. The molecule has 5 heteroatoms.